The van der Waals surface area contributed by atoms with Crippen LogP contribution >= 0.6 is 15.9 Å². The lowest BCUT2D eigenvalue weighted by Gasteiger charge is -2.44. The van der Waals surface area contributed by atoms with Gasteiger partial charge in [0.05, 0.1) is 0 Å². The van der Waals surface area contributed by atoms with Gasteiger partial charge >= 0.3 is 0 Å². The molecule has 2 aliphatic heterocycles. The number of amides is 1. The zero-order chi connectivity index (χ0) is 15.8. The average Bonchev–Trinajstić information content (AvgIpc) is 2.57. The fourth-order valence-electron chi connectivity index (χ4n) is 3.68. The first-order valence-electron chi connectivity index (χ1n) is 8.06. The van der Waals surface area contributed by atoms with Crippen LogP contribution in [0.3, 0.4) is 0 Å². The highest BCUT2D eigenvalue weighted by Gasteiger charge is 2.36. The molecule has 3 nitrogen and oxygen atoms in total. The van der Waals surface area contributed by atoms with Gasteiger partial charge in [0.25, 0.3) is 5.91 Å². The Morgan fingerprint density at radius 1 is 1.09 bits per heavy atom. The van der Waals surface area contributed by atoms with Gasteiger partial charge in [0.2, 0.25) is 0 Å². The van der Waals surface area contributed by atoms with E-state index in [4.69, 9.17) is 0 Å². The number of hydrogen-bond donors (Lipinski definition) is 0. The molecule has 0 spiro atoms. The second-order valence-electron chi connectivity index (χ2n) is 6.38. The van der Waals surface area contributed by atoms with Crippen LogP contribution < -0.4 is 0 Å². The lowest BCUT2D eigenvalue weighted by atomic mass is 9.91. The molecule has 23 heavy (non-hydrogen) atoms. The molecule has 118 valence electrons. The fraction of sp³-hybridized carbons (Fsp3) is 0.316. The van der Waals surface area contributed by atoms with E-state index in [1.807, 2.05) is 12.1 Å². The molecule has 0 aliphatic carbocycles. The van der Waals surface area contributed by atoms with Gasteiger partial charge in [-0.2, -0.15) is 0 Å². The maximum atomic E-state index is 12.8. The number of halogens is 1. The number of carbonyl (C=O) groups is 1. The molecule has 1 fully saturated rings. The summed E-state index contributed by atoms with van der Waals surface area (Å²) in [5, 5.41) is 0. The van der Waals surface area contributed by atoms with E-state index in [1.54, 1.807) is 0 Å². The van der Waals surface area contributed by atoms with Gasteiger partial charge in [-0.15, -0.1) is 0 Å². The first-order chi connectivity index (χ1) is 11.2. The van der Waals surface area contributed by atoms with Gasteiger partial charge in [-0.3, -0.25) is 9.69 Å². The molecule has 0 saturated carbocycles. The molecule has 1 saturated heterocycles. The number of hydrogen-bond acceptors (Lipinski definition) is 2. The van der Waals surface area contributed by atoms with Crippen molar-refractivity contribution in [2.75, 3.05) is 19.6 Å². The summed E-state index contributed by atoms with van der Waals surface area (Å²) < 4.78 is 0.978. The van der Waals surface area contributed by atoms with Gasteiger partial charge in [-0.25, -0.2) is 0 Å². The Hall–Kier alpha value is -1.65. The first-order valence-corrected chi connectivity index (χ1v) is 8.86. The standard InChI is InChI=1S/C19H19BrN2O/c20-16-7-6-15-10-17-13-21(12-14-4-2-1-3-5-14)8-9-22(17)19(23)18(15)11-16/h1-7,11,17H,8-10,12-13H2. The monoisotopic (exact) mass is 370 g/mol. The lowest BCUT2D eigenvalue weighted by Crippen LogP contribution is -2.57. The van der Waals surface area contributed by atoms with E-state index >= 15 is 0 Å². The van der Waals surface area contributed by atoms with Crippen LogP contribution in [0, 0.1) is 0 Å². The Morgan fingerprint density at radius 2 is 1.91 bits per heavy atom. The van der Waals surface area contributed by atoms with E-state index in [1.165, 1.54) is 11.1 Å². The molecule has 0 N–H and O–H groups in total. The highest BCUT2D eigenvalue weighted by molar-refractivity contribution is 9.10. The Labute approximate surface area is 145 Å². The Balaban J connectivity index is 1.52. The van der Waals surface area contributed by atoms with E-state index < -0.39 is 0 Å². The van der Waals surface area contributed by atoms with Crippen molar-refractivity contribution < 1.29 is 4.79 Å². The largest absolute Gasteiger partial charge is 0.333 e. The second-order valence-corrected chi connectivity index (χ2v) is 7.29. The number of piperazine rings is 1. The van der Waals surface area contributed by atoms with Crippen molar-refractivity contribution in [2.24, 2.45) is 0 Å². The van der Waals surface area contributed by atoms with Gasteiger partial charge in [-0.1, -0.05) is 52.3 Å². The molecule has 0 aromatic heterocycles. The third kappa shape index (κ3) is 2.93. The van der Waals surface area contributed by atoms with Crippen LogP contribution in [0.5, 0.6) is 0 Å². The van der Waals surface area contributed by atoms with Crippen molar-refractivity contribution in [3.8, 4) is 0 Å². The van der Waals surface area contributed by atoms with E-state index in [0.29, 0.717) is 6.04 Å². The Morgan fingerprint density at radius 3 is 2.74 bits per heavy atom. The molecule has 2 heterocycles. The minimum atomic E-state index is 0.192. The molecule has 1 amide bonds. The number of carbonyl (C=O) groups excluding carboxylic acids is 1. The molecule has 2 aromatic carbocycles. The van der Waals surface area contributed by atoms with Crippen molar-refractivity contribution in [1.29, 1.82) is 0 Å². The van der Waals surface area contributed by atoms with Crippen LogP contribution in [0.25, 0.3) is 0 Å². The van der Waals surface area contributed by atoms with Crippen molar-refractivity contribution in [3.05, 3.63) is 69.7 Å². The highest BCUT2D eigenvalue weighted by atomic mass is 79.9. The smallest absolute Gasteiger partial charge is 0.254 e. The maximum Gasteiger partial charge on any atom is 0.254 e. The highest BCUT2D eigenvalue weighted by Crippen LogP contribution is 2.28. The van der Waals surface area contributed by atoms with Crippen LogP contribution in [0.4, 0.5) is 0 Å². The summed E-state index contributed by atoms with van der Waals surface area (Å²) in [5.74, 6) is 0.192. The van der Waals surface area contributed by atoms with Gasteiger partial charge in [0.1, 0.15) is 0 Å². The average molecular weight is 371 g/mol. The van der Waals surface area contributed by atoms with Crippen LogP contribution in [0.15, 0.2) is 53.0 Å². The zero-order valence-corrected chi connectivity index (χ0v) is 14.5. The SMILES string of the molecule is O=C1c2cc(Br)ccc2CC2CN(Cc3ccccc3)CCN12. The van der Waals surface area contributed by atoms with Crippen LogP contribution in [-0.4, -0.2) is 41.4 Å². The van der Waals surface area contributed by atoms with Gasteiger partial charge in [0, 0.05) is 42.3 Å². The van der Waals surface area contributed by atoms with Gasteiger partial charge in [-0.05, 0) is 29.7 Å². The predicted octanol–water partition coefficient (Wildman–Crippen LogP) is 3.33. The molecule has 4 heteroatoms. The summed E-state index contributed by atoms with van der Waals surface area (Å²) in [6, 6.07) is 17.0. The van der Waals surface area contributed by atoms with E-state index in [2.05, 4.69) is 62.1 Å². The fourth-order valence-corrected chi connectivity index (χ4v) is 4.04. The molecule has 2 aliphatic rings. The topological polar surface area (TPSA) is 23.6 Å². The minimum absolute atomic E-state index is 0.192. The number of benzene rings is 2. The zero-order valence-electron chi connectivity index (χ0n) is 12.9. The quantitative estimate of drug-likeness (QED) is 0.809. The maximum absolute atomic E-state index is 12.8. The molecule has 1 unspecified atom stereocenters. The summed E-state index contributed by atoms with van der Waals surface area (Å²) in [6.07, 6.45) is 0.958. The lowest BCUT2D eigenvalue weighted by molar-refractivity contribution is 0.0402. The van der Waals surface area contributed by atoms with Crippen LogP contribution in [-0.2, 0) is 13.0 Å². The molecular formula is C19H19BrN2O. The molecular weight excluding hydrogens is 352 g/mol. The number of fused-ring (bicyclic) bond motifs is 2. The molecule has 0 radical (unpaired) electrons. The third-order valence-electron chi connectivity index (χ3n) is 4.83. The molecule has 1 atom stereocenters. The molecule has 4 rings (SSSR count). The molecule has 0 bridgehead atoms. The number of nitrogens with zero attached hydrogens (tertiary/aromatic N) is 2. The summed E-state index contributed by atoms with van der Waals surface area (Å²) in [6.45, 7) is 3.69. The number of rotatable bonds is 2. The van der Waals surface area contributed by atoms with Crippen molar-refractivity contribution in [3.63, 3.8) is 0 Å². The van der Waals surface area contributed by atoms with Crippen molar-refractivity contribution in [1.82, 2.24) is 9.80 Å². The van der Waals surface area contributed by atoms with Gasteiger partial charge in [0.15, 0.2) is 0 Å². The van der Waals surface area contributed by atoms with E-state index in [-0.39, 0.29) is 5.91 Å². The van der Waals surface area contributed by atoms with E-state index in [0.717, 1.165) is 42.6 Å². The van der Waals surface area contributed by atoms with Crippen LogP contribution in [0.1, 0.15) is 21.5 Å². The summed E-state index contributed by atoms with van der Waals surface area (Å²) in [4.78, 5) is 17.3. The molecule has 2 aromatic rings. The predicted molar refractivity (Wildman–Crippen MR) is 94.4 cm³/mol. The van der Waals surface area contributed by atoms with Crippen LogP contribution in [0.2, 0.25) is 0 Å². The second kappa shape index (κ2) is 6.10. The van der Waals surface area contributed by atoms with Crippen molar-refractivity contribution >= 4 is 21.8 Å². The summed E-state index contributed by atoms with van der Waals surface area (Å²) in [7, 11) is 0. The third-order valence-corrected chi connectivity index (χ3v) is 5.33. The van der Waals surface area contributed by atoms with Crippen molar-refractivity contribution in [2.45, 2.75) is 19.0 Å². The normalized spacial score (nSPS) is 21.0. The Kier molecular flexibility index (Phi) is 3.95. The van der Waals surface area contributed by atoms with Gasteiger partial charge < -0.3 is 4.90 Å². The Bertz CT molecular complexity index is 731. The summed E-state index contributed by atoms with van der Waals surface area (Å²) >= 11 is 3.47. The summed E-state index contributed by atoms with van der Waals surface area (Å²) in [5.41, 5.74) is 3.39. The van der Waals surface area contributed by atoms with E-state index in [9.17, 15) is 4.79 Å². The minimum Gasteiger partial charge on any atom is -0.333 e. The first kappa shape index (κ1) is 14.9.